The van der Waals surface area contributed by atoms with E-state index in [1.807, 2.05) is 18.2 Å². The maximum atomic E-state index is 12.8. The van der Waals surface area contributed by atoms with Crippen molar-refractivity contribution in [3.05, 3.63) is 90.3 Å². The van der Waals surface area contributed by atoms with Gasteiger partial charge >= 0.3 is 0 Å². The first-order valence-electron chi connectivity index (χ1n) is 11.9. The molecular formula is C29H29N3O. The van der Waals surface area contributed by atoms with Gasteiger partial charge in [-0.2, -0.15) is 0 Å². The maximum absolute atomic E-state index is 12.8. The van der Waals surface area contributed by atoms with E-state index in [0.717, 1.165) is 22.4 Å². The smallest absolute Gasteiger partial charge is 0.257 e. The van der Waals surface area contributed by atoms with Gasteiger partial charge in [-0.1, -0.05) is 55.8 Å². The van der Waals surface area contributed by atoms with Gasteiger partial charge in [0.25, 0.3) is 5.91 Å². The number of rotatable bonds is 5. The Hall–Kier alpha value is -3.53. The molecule has 4 nitrogen and oxygen atoms in total. The third-order valence-electron chi connectivity index (χ3n) is 7.03. The number of hydrogen-bond acceptors (Lipinski definition) is 3. The molecule has 1 N–H and O–H groups in total. The molecular weight excluding hydrogens is 406 g/mol. The van der Waals surface area contributed by atoms with Crippen LogP contribution >= 0.6 is 0 Å². The molecule has 166 valence electrons. The summed E-state index contributed by atoms with van der Waals surface area (Å²) >= 11 is 0. The van der Waals surface area contributed by atoms with Crippen LogP contribution in [0.4, 0.5) is 5.82 Å². The molecule has 2 aromatic carbocycles. The predicted octanol–water partition coefficient (Wildman–Crippen LogP) is 7.23. The maximum Gasteiger partial charge on any atom is 0.257 e. The summed E-state index contributed by atoms with van der Waals surface area (Å²) in [5.74, 6) is 1.96. The van der Waals surface area contributed by atoms with Crippen molar-refractivity contribution >= 4 is 22.6 Å². The number of hydrogen-bond donors (Lipinski definition) is 1. The molecule has 0 radical (unpaired) electrons. The number of anilines is 1. The molecule has 1 fully saturated rings. The van der Waals surface area contributed by atoms with Gasteiger partial charge in [0.1, 0.15) is 5.82 Å². The van der Waals surface area contributed by atoms with Gasteiger partial charge < -0.3 is 5.32 Å². The highest BCUT2D eigenvalue weighted by molar-refractivity contribution is 6.12. The number of carbonyl (C=O) groups excluding carboxylic acids is 1. The van der Waals surface area contributed by atoms with Crippen LogP contribution in [-0.4, -0.2) is 15.9 Å². The Morgan fingerprint density at radius 3 is 2.39 bits per heavy atom. The van der Waals surface area contributed by atoms with Crippen molar-refractivity contribution in [2.24, 2.45) is 5.92 Å². The molecule has 2 aromatic heterocycles. The van der Waals surface area contributed by atoms with Crippen molar-refractivity contribution in [2.45, 2.75) is 44.9 Å². The van der Waals surface area contributed by atoms with Gasteiger partial charge in [-0.15, -0.1) is 0 Å². The molecule has 0 atom stereocenters. The highest BCUT2D eigenvalue weighted by Crippen LogP contribution is 2.37. The van der Waals surface area contributed by atoms with E-state index in [1.165, 1.54) is 43.2 Å². The highest BCUT2D eigenvalue weighted by atomic mass is 16.1. The summed E-state index contributed by atoms with van der Waals surface area (Å²) in [5, 5.41) is 3.69. The molecule has 1 aliphatic carbocycles. The van der Waals surface area contributed by atoms with Crippen molar-refractivity contribution < 1.29 is 4.79 Å². The first-order chi connectivity index (χ1) is 16.2. The second-order valence-electron chi connectivity index (χ2n) is 9.01. The van der Waals surface area contributed by atoms with Crippen molar-refractivity contribution in [2.75, 3.05) is 5.32 Å². The lowest BCUT2D eigenvalue weighted by atomic mass is 9.77. The fraction of sp³-hybridized carbons (Fsp3) is 0.276. The normalized spacial score (nSPS) is 18.2. The van der Waals surface area contributed by atoms with E-state index in [0.29, 0.717) is 17.3 Å². The average Bonchev–Trinajstić information content (AvgIpc) is 2.89. The summed E-state index contributed by atoms with van der Waals surface area (Å²) in [5.41, 5.74) is 5.14. The van der Waals surface area contributed by atoms with E-state index in [9.17, 15) is 4.79 Å². The molecule has 2 heterocycles. The third kappa shape index (κ3) is 4.65. The van der Waals surface area contributed by atoms with Crippen LogP contribution in [0.15, 0.2) is 79.1 Å². The molecule has 0 spiro atoms. The topological polar surface area (TPSA) is 54.9 Å². The number of carbonyl (C=O) groups is 1. The second kappa shape index (κ2) is 9.53. The van der Waals surface area contributed by atoms with Crippen LogP contribution in [-0.2, 0) is 0 Å². The summed E-state index contributed by atoms with van der Waals surface area (Å²) in [6.07, 6.45) is 9.99. The molecule has 0 bridgehead atoms. The second-order valence-corrected chi connectivity index (χ2v) is 9.01. The molecule has 33 heavy (non-hydrogen) atoms. The van der Waals surface area contributed by atoms with Crippen LogP contribution in [0.25, 0.3) is 22.0 Å². The molecule has 4 heteroatoms. The Balaban J connectivity index is 1.36. The lowest BCUT2D eigenvalue weighted by molar-refractivity contribution is 0.102. The zero-order chi connectivity index (χ0) is 22.6. The van der Waals surface area contributed by atoms with Crippen LogP contribution < -0.4 is 5.32 Å². The Bertz CT molecular complexity index is 1240. The Morgan fingerprint density at radius 2 is 1.67 bits per heavy atom. The van der Waals surface area contributed by atoms with Gasteiger partial charge in [0.2, 0.25) is 0 Å². The van der Waals surface area contributed by atoms with E-state index in [1.54, 1.807) is 24.5 Å². The van der Waals surface area contributed by atoms with Gasteiger partial charge in [0.15, 0.2) is 0 Å². The Kier molecular flexibility index (Phi) is 6.16. The molecule has 0 unspecified atom stereocenters. The fourth-order valence-corrected chi connectivity index (χ4v) is 5.00. The minimum absolute atomic E-state index is 0.184. The molecule has 4 aromatic rings. The standard InChI is InChI=1S/C29H29N3O/c1-2-20-6-8-21(9-7-20)22-10-12-23(13-11-22)24-14-15-25-26(16-18-30-27(25)19-24)29(33)32-28-5-3-4-17-31-28/h3-5,10-21H,2,6-9H2,1H3,(H,31,32,33). The summed E-state index contributed by atoms with van der Waals surface area (Å²) in [4.78, 5) is 21.5. The molecule has 5 rings (SSSR count). The number of nitrogens with one attached hydrogen (secondary N) is 1. The Morgan fingerprint density at radius 1 is 0.879 bits per heavy atom. The fourth-order valence-electron chi connectivity index (χ4n) is 5.00. The van der Waals surface area contributed by atoms with Crippen molar-refractivity contribution in [1.29, 1.82) is 0 Å². The zero-order valence-corrected chi connectivity index (χ0v) is 19.0. The first kappa shape index (κ1) is 21.3. The van der Waals surface area contributed by atoms with E-state index in [2.05, 4.69) is 58.6 Å². The molecule has 1 aliphatic rings. The monoisotopic (exact) mass is 435 g/mol. The van der Waals surface area contributed by atoms with Gasteiger partial charge in [-0.05, 0) is 78.5 Å². The minimum Gasteiger partial charge on any atom is -0.307 e. The van der Waals surface area contributed by atoms with Crippen LogP contribution in [0.2, 0.25) is 0 Å². The summed E-state index contributed by atoms with van der Waals surface area (Å²) < 4.78 is 0. The number of amides is 1. The first-order valence-corrected chi connectivity index (χ1v) is 11.9. The third-order valence-corrected chi connectivity index (χ3v) is 7.03. The zero-order valence-electron chi connectivity index (χ0n) is 19.0. The molecule has 0 saturated heterocycles. The molecule has 0 aliphatic heterocycles. The van der Waals surface area contributed by atoms with Crippen LogP contribution in [0.1, 0.15) is 60.9 Å². The van der Waals surface area contributed by atoms with E-state index < -0.39 is 0 Å². The van der Waals surface area contributed by atoms with Crippen molar-refractivity contribution in [1.82, 2.24) is 9.97 Å². The van der Waals surface area contributed by atoms with Gasteiger partial charge in [0.05, 0.1) is 11.1 Å². The van der Waals surface area contributed by atoms with E-state index in [4.69, 9.17) is 0 Å². The lowest BCUT2D eigenvalue weighted by Gasteiger charge is -2.28. The molecule has 1 saturated carbocycles. The summed E-state index contributed by atoms with van der Waals surface area (Å²) in [6, 6.07) is 22.4. The van der Waals surface area contributed by atoms with E-state index >= 15 is 0 Å². The summed E-state index contributed by atoms with van der Waals surface area (Å²) in [6.45, 7) is 2.31. The molecule has 1 amide bonds. The van der Waals surface area contributed by atoms with Crippen LogP contribution in [0.5, 0.6) is 0 Å². The van der Waals surface area contributed by atoms with Crippen LogP contribution in [0.3, 0.4) is 0 Å². The van der Waals surface area contributed by atoms with Crippen LogP contribution in [0, 0.1) is 5.92 Å². The average molecular weight is 436 g/mol. The number of fused-ring (bicyclic) bond motifs is 1. The van der Waals surface area contributed by atoms with Crippen molar-refractivity contribution in [3.8, 4) is 11.1 Å². The highest BCUT2D eigenvalue weighted by Gasteiger charge is 2.21. The number of benzene rings is 2. The van der Waals surface area contributed by atoms with Crippen molar-refractivity contribution in [3.63, 3.8) is 0 Å². The lowest BCUT2D eigenvalue weighted by Crippen LogP contribution is -2.13. The predicted molar refractivity (Wildman–Crippen MR) is 134 cm³/mol. The van der Waals surface area contributed by atoms with E-state index in [-0.39, 0.29) is 5.91 Å². The minimum atomic E-state index is -0.184. The SMILES string of the molecule is CCC1CCC(c2ccc(-c3ccc4c(C(=O)Nc5ccccn5)ccnc4c3)cc2)CC1. The van der Waals surface area contributed by atoms with Gasteiger partial charge in [0, 0.05) is 17.8 Å². The van der Waals surface area contributed by atoms with Gasteiger partial charge in [-0.3, -0.25) is 9.78 Å². The van der Waals surface area contributed by atoms with Gasteiger partial charge in [-0.25, -0.2) is 4.98 Å². The Labute approximate surface area is 195 Å². The number of nitrogens with zero attached hydrogens (tertiary/aromatic N) is 2. The number of aromatic nitrogens is 2. The quantitative estimate of drug-likeness (QED) is 0.360. The summed E-state index contributed by atoms with van der Waals surface area (Å²) in [7, 11) is 0. The largest absolute Gasteiger partial charge is 0.307 e. The number of pyridine rings is 2.